The van der Waals surface area contributed by atoms with E-state index in [1.165, 1.54) is 19.3 Å². The average Bonchev–Trinajstić information content (AvgIpc) is 2.58. The Hall–Kier alpha value is -0.120. The molecule has 0 aromatic heterocycles. The molecule has 0 aliphatic heterocycles. The maximum Gasteiger partial charge on any atom is 0.0613 e. The monoisotopic (exact) mass is 214 g/mol. The summed E-state index contributed by atoms with van der Waals surface area (Å²) in [6, 6.07) is 0. The van der Waals surface area contributed by atoms with Gasteiger partial charge in [0.05, 0.1) is 6.61 Å². The molecule has 0 spiro atoms. The van der Waals surface area contributed by atoms with Gasteiger partial charge >= 0.3 is 0 Å². The van der Waals surface area contributed by atoms with E-state index in [-0.39, 0.29) is 12.1 Å². The van der Waals surface area contributed by atoms with Crippen LogP contribution in [-0.4, -0.2) is 42.3 Å². The van der Waals surface area contributed by atoms with Crippen molar-refractivity contribution in [2.45, 2.75) is 44.6 Å². The van der Waals surface area contributed by atoms with Gasteiger partial charge in [0.2, 0.25) is 0 Å². The minimum absolute atomic E-state index is 0.148. The summed E-state index contributed by atoms with van der Waals surface area (Å²) >= 11 is 0. The second-order valence-electron chi connectivity index (χ2n) is 5.07. The van der Waals surface area contributed by atoms with Crippen LogP contribution in [0.15, 0.2) is 0 Å². The van der Waals surface area contributed by atoms with Crippen molar-refractivity contribution < 1.29 is 5.11 Å². The number of hydrogen-bond acceptors (Lipinski definition) is 3. The molecule has 3 heteroatoms. The molecule has 0 amide bonds. The van der Waals surface area contributed by atoms with Gasteiger partial charge in [-0.2, -0.15) is 0 Å². The smallest absolute Gasteiger partial charge is 0.0613 e. The molecule has 3 N–H and O–H groups in total. The van der Waals surface area contributed by atoms with Crippen molar-refractivity contribution in [3.05, 3.63) is 0 Å². The molecule has 1 aliphatic rings. The summed E-state index contributed by atoms with van der Waals surface area (Å²) < 4.78 is 0. The zero-order valence-electron chi connectivity index (χ0n) is 10.2. The first-order valence-electron chi connectivity index (χ1n) is 6.20. The molecular weight excluding hydrogens is 188 g/mol. The van der Waals surface area contributed by atoms with Crippen LogP contribution < -0.4 is 5.73 Å². The molecule has 2 atom stereocenters. The summed E-state index contributed by atoms with van der Waals surface area (Å²) in [5, 5.41) is 9.33. The minimum atomic E-state index is -0.285. The Morgan fingerprint density at radius 2 is 2.20 bits per heavy atom. The van der Waals surface area contributed by atoms with Crippen molar-refractivity contribution in [2.75, 3.05) is 26.7 Å². The number of nitrogens with zero attached hydrogens (tertiary/aromatic N) is 1. The molecule has 0 bridgehead atoms. The highest BCUT2D eigenvalue weighted by Gasteiger charge is 2.38. The fourth-order valence-corrected chi connectivity index (χ4v) is 2.68. The summed E-state index contributed by atoms with van der Waals surface area (Å²) in [6.07, 6.45) is 5.70. The molecule has 0 heterocycles. The number of rotatable bonds is 6. The van der Waals surface area contributed by atoms with Crippen molar-refractivity contribution in [3.8, 4) is 0 Å². The van der Waals surface area contributed by atoms with Gasteiger partial charge in [0.25, 0.3) is 0 Å². The van der Waals surface area contributed by atoms with Crippen molar-refractivity contribution >= 4 is 0 Å². The summed E-state index contributed by atoms with van der Waals surface area (Å²) in [7, 11) is 2.16. The number of aliphatic hydroxyl groups excluding tert-OH is 1. The van der Waals surface area contributed by atoms with Crippen molar-refractivity contribution in [1.82, 2.24) is 4.90 Å². The molecule has 3 nitrogen and oxygen atoms in total. The third-order valence-electron chi connectivity index (χ3n) is 3.77. The van der Waals surface area contributed by atoms with Gasteiger partial charge in [-0.3, -0.25) is 0 Å². The molecule has 1 aliphatic carbocycles. The summed E-state index contributed by atoms with van der Waals surface area (Å²) in [4.78, 5) is 2.36. The molecule has 2 unspecified atom stereocenters. The topological polar surface area (TPSA) is 49.5 Å². The van der Waals surface area contributed by atoms with E-state index in [2.05, 4.69) is 18.9 Å². The fraction of sp³-hybridized carbons (Fsp3) is 1.00. The largest absolute Gasteiger partial charge is 0.394 e. The van der Waals surface area contributed by atoms with Gasteiger partial charge in [0.15, 0.2) is 0 Å². The predicted octanol–water partition coefficient (Wildman–Crippen LogP) is 1.21. The second kappa shape index (κ2) is 5.83. The quantitative estimate of drug-likeness (QED) is 0.698. The lowest BCUT2D eigenvalue weighted by Crippen LogP contribution is -2.47. The summed E-state index contributed by atoms with van der Waals surface area (Å²) in [5.41, 5.74) is 5.91. The maximum absolute atomic E-state index is 9.33. The molecule has 1 saturated carbocycles. The Bertz CT molecular complexity index is 186. The van der Waals surface area contributed by atoms with Crippen LogP contribution in [0.4, 0.5) is 0 Å². The Morgan fingerprint density at radius 1 is 1.47 bits per heavy atom. The van der Waals surface area contributed by atoms with Crippen LogP contribution in [0.3, 0.4) is 0 Å². The molecule has 0 radical (unpaired) electrons. The van der Waals surface area contributed by atoms with Crippen LogP contribution in [0.1, 0.15) is 39.0 Å². The van der Waals surface area contributed by atoms with Gasteiger partial charge in [-0.1, -0.05) is 13.3 Å². The van der Waals surface area contributed by atoms with Crippen LogP contribution in [0.2, 0.25) is 0 Å². The zero-order chi connectivity index (χ0) is 11.3. The Balaban J connectivity index is 2.31. The molecular formula is C12H26N2O. The lowest BCUT2D eigenvalue weighted by Gasteiger charge is -2.30. The number of nitrogens with two attached hydrogens (primary N) is 1. The Kier molecular flexibility index (Phi) is 5.03. The molecule has 0 saturated heterocycles. The van der Waals surface area contributed by atoms with Crippen LogP contribution >= 0.6 is 0 Å². The molecule has 0 aromatic carbocycles. The van der Waals surface area contributed by atoms with Crippen molar-refractivity contribution in [3.63, 3.8) is 0 Å². The van der Waals surface area contributed by atoms with Crippen molar-refractivity contribution in [2.24, 2.45) is 11.7 Å². The van der Waals surface area contributed by atoms with Crippen molar-refractivity contribution in [1.29, 1.82) is 0 Å². The van der Waals surface area contributed by atoms with E-state index in [0.717, 1.165) is 25.9 Å². The van der Waals surface area contributed by atoms with Crippen LogP contribution in [0.25, 0.3) is 0 Å². The Labute approximate surface area is 93.6 Å². The van der Waals surface area contributed by atoms with E-state index in [4.69, 9.17) is 5.73 Å². The predicted molar refractivity (Wildman–Crippen MR) is 63.8 cm³/mol. The number of hydrogen-bond donors (Lipinski definition) is 2. The minimum Gasteiger partial charge on any atom is -0.394 e. The highest BCUT2D eigenvalue weighted by atomic mass is 16.3. The fourth-order valence-electron chi connectivity index (χ4n) is 2.68. The third-order valence-corrected chi connectivity index (χ3v) is 3.77. The summed E-state index contributed by atoms with van der Waals surface area (Å²) in [6.45, 7) is 4.61. The van der Waals surface area contributed by atoms with Gasteiger partial charge in [-0.15, -0.1) is 0 Å². The van der Waals surface area contributed by atoms with Gasteiger partial charge in [0, 0.05) is 5.54 Å². The lowest BCUT2D eigenvalue weighted by molar-refractivity contribution is 0.147. The normalized spacial score (nSPS) is 31.4. The molecule has 1 rings (SSSR count). The van der Waals surface area contributed by atoms with Gasteiger partial charge in [-0.05, 0) is 51.7 Å². The molecule has 1 fully saturated rings. The van der Waals surface area contributed by atoms with E-state index >= 15 is 0 Å². The average molecular weight is 214 g/mol. The van der Waals surface area contributed by atoms with Gasteiger partial charge < -0.3 is 15.7 Å². The van der Waals surface area contributed by atoms with Crippen LogP contribution in [0.5, 0.6) is 0 Å². The highest BCUT2D eigenvalue weighted by Crippen LogP contribution is 2.35. The van der Waals surface area contributed by atoms with Crippen LogP contribution in [0, 0.1) is 5.92 Å². The first-order chi connectivity index (χ1) is 7.12. The first kappa shape index (κ1) is 12.9. The van der Waals surface area contributed by atoms with E-state index < -0.39 is 0 Å². The molecule has 0 aromatic rings. The van der Waals surface area contributed by atoms with E-state index in [9.17, 15) is 5.11 Å². The second-order valence-corrected chi connectivity index (χ2v) is 5.07. The summed E-state index contributed by atoms with van der Waals surface area (Å²) in [5.74, 6) is 0.516. The molecule has 15 heavy (non-hydrogen) atoms. The van der Waals surface area contributed by atoms with Crippen LogP contribution in [-0.2, 0) is 0 Å². The maximum atomic E-state index is 9.33. The lowest BCUT2D eigenvalue weighted by atomic mass is 9.86. The van der Waals surface area contributed by atoms with E-state index in [1.54, 1.807) is 0 Å². The highest BCUT2D eigenvalue weighted by molar-refractivity contribution is 4.96. The van der Waals surface area contributed by atoms with E-state index in [0.29, 0.717) is 5.92 Å². The van der Waals surface area contributed by atoms with Gasteiger partial charge in [0.1, 0.15) is 0 Å². The number of aliphatic hydroxyl groups is 1. The first-order valence-corrected chi connectivity index (χ1v) is 6.20. The molecule has 90 valence electrons. The third kappa shape index (κ3) is 3.44. The van der Waals surface area contributed by atoms with Gasteiger partial charge in [-0.25, -0.2) is 0 Å². The Morgan fingerprint density at radius 3 is 2.80 bits per heavy atom. The zero-order valence-corrected chi connectivity index (χ0v) is 10.2. The standard InChI is InChI=1S/C12H26N2O/c1-3-8-14(2)9-6-11-5-4-7-12(11,13)10-15/h11,15H,3-10,13H2,1-2H3. The SMILES string of the molecule is CCCN(C)CCC1CCCC1(N)CO. The van der Waals surface area contributed by atoms with E-state index in [1.807, 2.05) is 0 Å².